The molecule has 5 nitrogen and oxygen atoms in total. The topological polar surface area (TPSA) is 60.9 Å². The Balaban J connectivity index is 2.03. The van der Waals surface area contributed by atoms with Crippen LogP contribution in [0.2, 0.25) is 0 Å². The maximum atomic E-state index is 13.1. The highest BCUT2D eigenvalue weighted by atomic mass is 32.1. The molecule has 0 radical (unpaired) electrons. The van der Waals surface area contributed by atoms with Crippen molar-refractivity contribution in [1.82, 2.24) is 4.90 Å². The number of amides is 1. The van der Waals surface area contributed by atoms with Crippen molar-refractivity contribution in [2.75, 3.05) is 24.5 Å². The zero-order valence-electron chi connectivity index (χ0n) is 16.5. The number of benzene rings is 1. The summed E-state index contributed by atoms with van der Waals surface area (Å²) >= 11 is 1.31. The summed E-state index contributed by atoms with van der Waals surface area (Å²) in [7, 11) is 0. The number of anilines is 1. The number of ketones is 1. The van der Waals surface area contributed by atoms with Crippen molar-refractivity contribution >= 4 is 28.7 Å². The number of carbonyl (C=O) groups excluding carboxylic acids is 2. The predicted molar refractivity (Wildman–Crippen MR) is 113 cm³/mol. The Kier molecular flexibility index (Phi) is 6.19. The third kappa shape index (κ3) is 3.56. The zero-order valence-corrected chi connectivity index (χ0v) is 17.3. The molecular weight excluding hydrogens is 372 g/mol. The van der Waals surface area contributed by atoms with Crippen molar-refractivity contribution in [2.24, 2.45) is 0 Å². The van der Waals surface area contributed by atoms with Gasteiger partial charge in [-0.05, 0) is 49.4 Å². The molecule has 0 saturated carbocycles. The van der Waals surface area contributed by atoms with Crippen LogP contribution in [0.3, 0.4) is 0 Å². The smallest absolute Gasteiger partial charge is 0.290 e. The van der Waals surface area contributed by atoms with Gasteiger partial charge in [0.2, 0.25) is 5.78 Å². The van der Waals surface area contributed by atoms with Gasteiger partial charge in [0.05, 0.1) is 16.5 Å². The van der Waals surface area contributed by atoms with Gasteiger partial charge in [-0.1, -0.05) is 25.1 Å². The molecule has 1 atom stereocenters. The molecular formula is C22H26N2O3S. The van der Waals surface area contributed by atoms with Crippen LogP contribution in [0.4, 0.5) is 5.69 Å². The first-order valence-corrected chi connectivity index (χ1v) is 10.6. The molecule has 0 bridgehead atoms. The van der Waals surface area contributed by atoms with Crippen molar-refractivity contribution in [2.45, 2.75) is 33.2 Å². The van der Waals surface area contributed by atoms with Gasteiger partial charge in [0, 0.05) is 25.3 Å². The zero-order chi connectivity index (χ0) is 20.3. The maximum Gasteiger partial charge on any atom is 0.290 e. The molecule has 6 heteroatoms. The first-order chi connectivity index (χ1) is 13.5. The molecule has 1 unspecified atom stereocenters. The normalized spacial score (nSPS) is 16.8. The van der Waals surface area contributed by atoms with Crippen molar-refractivity contribution in [3.63, 3.8) is 0 Å². The number of carbonyl (C=O) groups is 2. The molecule has 148 valence electrons. The standard InChI is InChI=1S/C22H26N2O3S/c1-4-13-24-19(15-9-11-16(12-10-15)23(5-2)6-3)18(21(26)22(24)27)20(25)17-8-7-14-28-17/h7-12,14,19,26H,4-6,13H2,1-3H3. The predicted octanol–water partition coefficient (Wildman–Crippen LogP) is 4.58. The molecule has 2 heterocycles. The highest BCUT2D eigenvalue weighted by Gasteiger charge is 2.43. The summed E-state index contributed by atoms with van der Waals surface area (Å²) in [4.78, 5) is 30.1. The van der Waals surface area contributed by atoms with E-state index < -0.39 is 17.7 Å². The van der Waals surface area contributed by atoms with Crippen LogP contribution in [-0.2, 0) is 4.79 Å². The van der Waals surface area contributed by atoms with Crippen LogP contribution < -0.4 is 4.90 Å². The van der Waals surface area contributed by atoms with E-state index >= 15 is 0 Å². The average Bonchev–Trinajstić information content (AvgIpc) is 3.33. The van der Waals surface area contributed by atoms with Crippen LogP contribution in [0.25, 0.3) is 0 Å². The number of rotatable bonds is 8. The molecule has 1 aromatic heterocycles. The molecule has 1 aliphatic heterocycles. The summed E-state index contributed by atoms with van der Waals surface area (Å²) < 4.78 is 0. The number of hydrogen-bond donors (Lipinski definition) is 1. The molecule has 0 aliphatic carbocycles. The Morgan fingerprint density at radius 3 is 2.36 bits per heavy atom. The minimum Gasteiger partial charge on any atom is -0.503 e. The second-order valence-corrected chi connectivity index (χ2v) is 7.68. The molecule has 1 amide bonds. The number of aliphatic hydroxyl groups excluding tert-OH is 1. The van der Waals surface area contributed by atoms with Crippen molar-refractivity contribution < 1.29 is 14.7 Å². The number of Topliss-reactive ketones (excluding diaryl/α,β-unsaturated/α-hetero) is 1. The summed E-state index contributed by atoms with van der Waals surface area (Å²) in [6, 6.07) is 10.9. The van der Waals surface area contributed by atoms with Gasteiger partial charge < -0.3 is 14.9 Å². The Labute approximate surface area is 169 Å². The molecule has 3 rings (SSSR count). The molecule has 0 fully saturated rings. The lowest BCUT2D eigenvalue weighted by molar-refractivity contribution is -0.129. The van der Waals surface area contributed by atoms with Crippen LogP contribution in [0.5, 0.6) is 0 Å². The highest BCUT2D eigenvalue weighted by molar-refractivity contribution is 7.12. The Hall–Kier alpha value is -2.60. The first kappa shape index (κ1) is 20.1. The van der Waals surface area contributed by atoms with E-state index in [1.165, 1.54) is 11.3 Å². The van der Waals surface area contributed by atoms with Crippen LogP contribution in [0.15, 0.2) is 53.1 Å². The number of thiophene rings is 1. The minimum atomic E-state index is -0.562. The lowest BCUT2D eigenvalue weighted by atomic mass is 9.95. The summed E-state index contributed by atoms with van der Waals surface area (Å²) in [5.74, 6) is -1.18. The van der Waals surface area contributed by atoms with Crippen molar-refractivity contribution in [3.8, 4) is 0 Å². The molecule has 2 aromatic rings. The van der Waals surface area contributed by atoms with E-state index in [0.717, 1.165) is 30.8 Å². The summed E-state index contributed by atoms with van der Waals surface area (Å²) in [5.41, 5.74) is 2.11. The van der Waals surface area contributed by atoms with Crippen molar-refractivity contribution in [1.29, 1.82) is 0 Å². The maximum absolute atomic E-state index is 13.1. The van der Waals surface area contributed by atoms with E-state index in [9.17, 15) is 14.7 Å². The fourth-order valence-electron chi connectivity index (χ4n) is 3.70. The van der Waals surface area contributed by atoms with Gasteiger partial charge >= 0.3 is 0 Å². The van der Waals surface area contributed by atoms with Crippen molar-refractivity contribution in [3.05, 3.63) is 63.6 Å². The molecule has 1 aromatic carbocycles. The lowest BCUT2D eigenvalue weighted by Crippen LogP contribution is -2.31. The van der Waals surface area contributed by atoms with E-state index in [0.29, 0.717) is 11.4 Å². The summed E-state index contributed by atoms with van der Waals surface area (Å²) in [6.07, 6.45) is 0.744. The fraction of sp³-hybridized carbons (Fsp3) is 0.364. The molecule has 0 saturated heterocycles. The average molecular weight is 399 g/mol. The number of nitrogens with zero attached hydrogens (tertiary/aromatic N) is 2. The van der Waals surface area contributed by atoms with E-state index in [-0.39, 0.29) is 11.4 Å². The van der Waals surface area contributed by atoms with Gasteiger partial charge in [0.15, 0.2) is 5.76 Å². The van der Waals surface area contributed by atoms with Gasteiger partial charge in [-0.25, -0.2) is 0 Å². The lowest BCUT2D eigenvalue weighted by Gasteiger charge is -2.27. The van der Waals surface area contributed by atoms with Crippen LogP contribution in [-0.4, -0.2) is 41.3 Å². The van der Waals surface area contributed by atoms with Crippen LogP contribution >= 0.6 is 11.3 Å². The molecule has 1 aliphatic rings. The summed E-state index contributed by atoms with van der Waals surface area (Å²) in [6.45, 7) is 8.48. The molecule has 28 heavy (non-hydrogen) atoms. The van der Waals surface area contributed by atoms with Gasteiger partial charge in [-0.15, -0.1) is 11.3 Å². The first-order valence-electron chi connectivity index (χ1n) is 9.70. The third-order valence-corrected chi connectivity index (χ3v) is 5.96. The Morgan fingerprint density at radius 2 is 1.82 bits per heavy atom. The van der Waals surface area contributed by atoms with Gasteiger partial charge in [-0.2, -0.15) is 0 Å². The molecule has 1 N–H and O–H groups in total. The fourth-order valence-corrected chi connectivity index (χ4v) is 4.38. The number of hydrogen-bond acceptors (Lipinski definition) is 5. The quantitative estimate of drug-likeness (QED) is 0.661. The van der Waals surface area contributed by atoms with E-state index in [4.69, 9.17) is 0 Å². The number of aliphatic hydroxyl groups is 1. The second kappa shape index (κ2) is 8.61. The van der Waals surface area contributed by atoms with E-state index in [1.807, 2.05) is 36.6 Å². The van der Waals surface area contributed by atoms with Gasteiger partial charge in [0.1, 0.15) is 0 Å². The van der Waals surface area contributed by atoms with Crippen LogP contribution in [0, 0.1) is 0 Å². The summed E-state index contributed by atoms with van der Waals surface area (Å²) in [5, 5.41) is 12.4. The van der Waals surface area contributed by atoms with E-state index in [2.05, 4.69) is 18.7 Å². The monoisotopic (exact) mass is 398 g/mol. The van der Waals surface area contributed by atoms with E-state index in [1.54, 1.807) is 17.0 Å². The largest absolute Gasteiger partial charge is 0.503 e. The molecule has 0 spiro atoms. The minimum absolute atomic E-state index is 0.177. The van der Waals surface area contributed by atoms with Crippen LogP contribution in [0.1, 0.15) is 48.5 Å². The van der Waals surface area contributed by atoms with Gasteiger partial charge in [-0.3, -0.25) is 9.59 Å². The SMILES string of the molecule is CCCN1C(=O)C(O)=C(C(=O)c2cccs2)C1c1ccc(N(CC)CC)cc1. The second-order valence-electron chi connectivity index (χ2n) is 6.73. The third-order valence-electron chi connectivity index (χ3n) is 5.10. The Morgan fingerprint density at radius 1 is 1.14 bits per heavy atom. The highest BCUT2D eigenvalue weighted by Crippen LogP contribution is 2.40. The Bertz CT molecular complexity index is 868. The van der Waals surface area contributed by atoms with Gasteiger partial charge in [0.25, 0.3) is 5.91 Å².